The fourth-order valence-corrected chi connectivity index (χ4v) is 1.53. The maximum atomic E-state index is 9.60. The molecule has 1 fully saturated rings. The van der Waals surface area contributed by atoms with Gasteiger partial charge in [-0.25, -0.2) is 0 Å². The highest BCUT2D eigenvalue weighted by Crippen LogP contribution is 2.28. The van der Waals surface area contributed by atoms with Gasteiger partial charge in [-0.1, -0.05) is 6.92 Å². The first kappa shape index (κ1) is 14.9. The lowest BCUT2D eigenvalue weighted by atomic mass is 10.3. The molecule has 0 aromatic heterocycles. The van der Waals surface area contributed by atoms with Gasteiger partial charge < -0.3 is 19.9 Å². The highest BCUT2D eigenvalue weighted by molar-refractivity contribution is 4.72. The third-order valence-corrected chi connectivity index (χ3v) is 2.73. The summed E-state index contributed by atoms with van der Waals surface area (Å²) in [4.78, 5) is 0. The molecule has 2 N–H and O–H groups in total. The summed E-state index contributed by atoms with van der Waals surface area (Å²) in [5.41, 5.74) is 0. The van der Waals surface area contributed by atoms with E-state index in [1.165, 1.54) is 12.8 Å². The molecule has 0 amide bonds. The highest BCUT2D eigenvalue weighted by Gasteiger charge is 2.21. The van der Waals surface area contributed by atoms with Crippen molar-refractivity contribution in [1.82, 2.24) is 5.32 Å². The van der Waals surface area contributed by atoms with Crippen molar-refractivity contribution in [3.8, 4) is 0 Å². The molecule has 0 aromatic rings. The van der Waals surface area contributed by atoms with Gasteiger partial charge in [0, 0.05) is 26.4 Å². The molecule has 17 heavy (non-hydrogen) atoms. The van der Waals surface area contributed by atoms with E-state index in [-0.39, 0.29) is 6.10 Å². The van der Waals surface area contributed by atoms with Crippen LogP contribution in [0.4, 0.5) is 0 Å². The SMILES string of the molecule is CCCOCCCNCC(O)COCC1CC1. The molecule has 0 bridgehead atoms. The largest absolute Gasteiger partial charge is 0.389 e. The standard InChI is InChI=1S/C13H27NO3/c1-2-7-16-8-3-6-14-9-13(15)11-17-10-12-4-5-12/h12-15H,2-11H2,1H3. The predicted molar refractivity (Wildman–Crippen MR) is 68.1 cm³/mol. The van der Waals surface area contributed by atoms with Crippen LogP contribution in [0.25, 0.3) is 0 Å². The number of rotatable bonds is 12. The molecule has 4 nitrogen and oxygen atoms in total. The van der Waals surface area contributed by atoms with Crippen LogP contribution in [0.2, 0.25) is 0 Å². The maximum Gasteiger partial charge on any atom is 0.0897 e. The van der Waals surface area contributed by atoms with Crippen molar-refractivity contribution >= 4 is 0 Å². The molecule has 1 atom stereocenters. The molecule has 0 aromatic carbocycles. The second-order valence-corrected chi connectivity index (χ2v) is 4.80. The Bertz CT molecular complexity index is 174. The smallest absolute Gasteiger partial charge is 0.0897 e. The summed E-state index contributed by atoms with van der Waals surface area (Å²) in [6, 6.07) is 0. The maximum absolute atomic E-state index is 9.60. The van der Waals surface area contributed by atoms with E-state index in [2.05, 4.69) is 12.2 Å². The summed E-state index contributed by atoms with van der Waals surface area (Å²) in [6.45, 7) is 6.53. The molecule has 0 spiro atoms. The summed E-state index contributed by atoms with van der Waals surface area (Å²) in [6.07, 6.45) is 4.28. The van der Waals surface area contributed by atoms with Crippen LogP contribution in [0.15, 0.2) is 0 Å². The Morgan fingerprint density at radius 2 is 2.12 bits per heavy atom. The summed E-state index contributed by atoms with van der Waals surface area (Å²) >= 11 is 0. The molecular weight excluding hydrogens is 218 g/mol. The molecule has 1 rings (SSSR count). The van der Waals surface area contributed by atoms with Crippen molar-refractivity contribution in [2.75, 3.05) is 39.5 Å². The van der Waals surface area contributed by atoms with E-state index in [1.54, 1.807) is 0 Å². The number of hydrogen-bond donors (Lipinski definition) is 2. The number of aliphatic hydroxyl groups excluding tert-OH is 1. The van der Waals surface area contributed by atoms with E-state index in [0.717, 1.165) is 45.1 Å². The van der Waals surface area contributed by atoms with Gasteiger partial charge in [-0.05, 0) is 38.1 Å². The van der Waals surface area contributed by atoms with Gasteiger partial charge in [0.1, 0.15) is 0 Å². The first-order valence-corrected chi connectivity index (χ1v) is 6.87. The van der Waals surface area contributed by atoms with E-state index >= 15 is 0 Å². The lowest BCUT2D eigenvalue weighted by molar-refractivity contribution is 0.0323. The number of aliphatic hydroxyl groups is 1. The zero-order valence-corrected chi connectivity index (χ0v) is 11.0. The molecule has 0 aliphatic heterocycles. The Labute approximate surface area is 105 Å². The fraction of sp³-hybridized carbons (Fsp3) is 1.00. The van der Waals surface area contributed by atoms with E-state index in [0.29, 0.717) is 13.2 Å². The minimum atomic E-state index is -0.384. The van der Waals surface area contributed by atoms with Gasteiger partial charge >= 0.3 is 0 Å². The quantitative estimate of drug-likeness (QED) is 0.507. The third kappa shape index (κ3) is 9.53. The number of nitrogens with one attached hydrogen (secondary N) is 1. The first-order chi connectivity index (χ1) is 8.33. The number of hydrogen-bond acceptors (Lipinski definition) is 4. The van der Waals surface area contributed by atoms with Crippen LogP contribution in [0.1, 0.15) is 32.6 Å². The minimum Gasteiger partial charge on any atom is -0.389 e. The summed E-state index contributed by atoms with van der Waals surface area (Å²) in [5.74, 6) is 0.769. The normalized spacial score (nSPS) is 17.3. The van der Waals surface area contributed by atoms with Gasteiger partial charge in [0.15, 0.2) is 0 Å². The van der Waals surface area contributed by atoms with Crippen LogP contribution in [0.3, 0.4) is 0 Å². The summed E-state index contributed by atoms with van der Waals surface area (Å²) < 4.78 is 10.8. The van der Waals surface area contributed by atoms with Crippen molar-refractivity contribution in [1.29, 1.82) is 0 Å². The van der Waals surface area contributed by atoms with Crippen molar-refractivity contribution in [3.05, 3.63) is 0 Å². The second-order valence-electron chi connectivity index (χ2n) is 4.80. The van der Waals surface area contributed by atoms with Crippen molar-refractivity contribution in [2.24, 2.45) is 5.92 Å². The van der Waals surface area contributed by atoms with Gasteiger partial charge in [-0.2, -0.15) is 0 Å². The third-order valence-electron chi connectivity index (χ3n) is 2.73. The molecule has 1 unspecified atom stereocenters. The molecule has 1 aliphatic rings. The Balaban J connectivity index is 1.74. The van der Waals surface area contributed by atoms with Crippen LogP contribution >= 0.6 is 0 Å². The Kier molecular flexibility index (Phi) is 8.61. The zero-order chi connectivity index (χ0) is 12.3. The molecule has 4 heteroatoms. The fourth-order valence-electron chi connectivity index (χ4n) is 1.53. The van der Waals surface area contributed by atoms with Crippen molar-refractivity contribution in [3.63, 3.8) is 0 Å². The van der Waals surface area contributed by atoms with Crippen LogP contribution in [-0.2, 0) is 9.47 Å². The van der Waals surface area contributed by atoms with Gasteiger partial charge in [0.05, 0.1) is 12.7 Å². The Morgan fingerprint density at radius 1 is 1.29 bits per heavy atom. The van der Waals surface area contributed by atoms with E-state index < -0.39 is 0 Å². The molecular formula is C13H27NO3. The monoisotopic (exact) mass is 245 g/mol. The highest BCUT2D eigenvalue weighted by atomic mass is 16.5. The zero-order valence-electron chi connectivity index (χ0n) is 11.0. The van der Waals surface area contributed by atoms with Gasteiger partial charge in [0.25, 0.3) is 0 Å². The average molecular weight is 245 g/mol. The van der Waals surface area contributed by atoms with E-state index in [1.807, 2.05) is 0 Å². The molecule has 0 radical (unpaired) electrons. The molecule has 0 saturated heterocycles. The topological polar surface area (TPSA) is 50.7 Å². The Morgan fingerprint density at radius 3 is 2.82 bits per heavy atom. The predicted octanol–water partition coefficient (Wildman–Crippen LogP) is 1.18. The molecule has 1 aliphatic carbocycles. The lowest BCUT2D eigenvalue weighted by Crippen LogP contribution is -2.31. The van der Waals surface area contributed by atoms with Crippen LogP contribution < -0.4 is 5.32 Å². The lowest BCUT2D eigenvalue weighted by Gasteiger charge is -2.12. The van der Waals surface area contributed by atoms with Crippen molar-refractivity contribution < 1.29 is 14.6 Å². The first-order valence-electron chi connectivity index (χ1n) is 6.87. The Hall–Kier alpha value is -0.160. The van der Waals surface area contributed by atoms with Gasteiger partial charge in [-0.3, -0.25) is 0 Å². The van der Waals surface area contributed by atoms with Crippen LogP contribution in [0.5, 0.6) is 0 Å². The van der Waals surface area contributed by atoms with Crippen LogP contribution in [0, 0.1) is 5.92 Å². The average Bonchev–Trinajstić information content (AvgIpc) is 3.12. The summed E-state index contributed by atoms with van der Waals surface area (Å²) in [7, 11) is 0. The van der Waals surface area contributed by atoms with E-state index in [9.17, 15) is 5.11 Å². The second kappa shape index (κ2) is 9.83. The van der Waals surface area contributed by atoms with Gasteiger partial charge in [0.2, 0.25) is 0 Å². The van der Waals surface area contributed by atoms with Gasteiger partial charge in [-0.15, -0.1) is 0 Å². The van der Waals surface area contributed by atoms with Crippen LogP contribution in [-0.4, -0.2) is 50.7 Å². The van der Waals surface area contributed by atoms with Crippen molar-refractivity contribution in [2.45, 2.75) is 38.7 Å². The molecule has 102 valence electrons. The minimum absolute atomic E-state index is 0.384. The molecule has 1 saturated carbocycles. The summed E-state index contributed by atoms with van der Waals surface area (Å²) in [5, 5.41) is 12.8. The molecule has 0 heterocycles. The number of ether oxygens (including phenoxy) is 2. The van der Waals surface area contributed by atoms with E-state index in [4.69, 9.17) is 9.47 Å².